The SMILES string of the molecule is C[C-](C)C.C[C-](C)C.C[SiH]C.Cl.Cl.[C-]1=CC=CC1.[Zr+4].[c-]1ccc[nH]1. The van der Waals surface area contributed by atoms with Crippen molar-refractivity contribution in [2.24, 2.45) is 0 Å². The Kier molecular flexibility index (Phi) is 63.9. The zero-order chi connectivity index (χ0) is 16.9. The number of aromatic nitrogens is 1. The molecule has 1 heterocycles. The summed E-state index contributed by atoms with van der Waals surface area (Å²) >= 11 is 0. The maximum atomic E-state index is 2.99. The third kappa shape index (κ3) is 94.6. The van der Waals surface area contributed by atoms with E-state index in [-0.39, 0.29) is 51.0 Å². The Morgan fingerprint density at radius 3 is 1.46 bits per heavy atom. The molecule has 0 aromatic carbocycles. The van der Waals surface area contributed by atoms with E-state index in [4.69, 9.17) is 0 Å². The Morgan fingerprint density at radius 1 is 0.958 bits per heavy atom. The fraction of sp³-hybridized carbons (Fsp3) is 0.474. The number of hydrogen-bond donors (Lipinski definition) is 1. The number of halogens is 2. The van der Waals surface area contributed by atoms with Gasteiger partial charge in [0.2, 0.25) is 0 Å². The molecular weight excluding hydrogens is 432 g/mol. The van der Waals surface area contributed by atoms with E-state index in [0.717, 1.165) is 15.9 Å². The second-order valence-electron chi connectivity index (χ2n) is 5.39. The smallest absolute Gasteiger partial charge is 0.484 e. The van der Waals surface area contributed by atoms with Gasteiger partial charge in [-0.25, -0.2) is 12.2 Å². The molecule has 1 nitrogen and oxygen atoms in total. The molecule has 0 amide bonds. The molecule has 1 aliphatic rings. The van der Waals surface area contributed by atoms with Gasteiger partial charge in [-0.3, -0.25) is 6.08 Å². The second kappa shape index (κ2) is 38.8. The van der Waals surface area contributed by atoms with Gasteiger partial charge in [-0.05, 0) is 0 Å². The van der Waals surface area contributed by atoms with Crippen LogP contribution in [0.1, 0.15) is 48.0 Å². The molecule has 1 aromatic heterocycles. The van der Waals surface area contributed by atoms with E-state index < -0.39 is 0 Å². The van der Waals surface area contributed by atoms with E-state index in [1.54, 1.807) is 0 Å². The van der Waals surface area contributed by atoms with Crippen LogP contribution in [0.5, 0.6) is 0 Å². The largest absolute Gasteiger partial charge is 4.00 e. The predicted octanol–water partition coefficient (Wildman–Crippen LogP) is 6.72. The zero-order valence-corrected chi connectivity index (χ0v) is 21.8. The zero-order valence-electron chi connectivity index (χ0n) is 16.6. The minimum Gasteiger partial charge on any atom is -0.484 e. The first-order chi connectivity index (χ1) is 9.88. The molecule has 0 atom stereocenters. The van der Waals surface area contributed by atoms with Crippen molar-refractivity contribution >= 4 is 34.3 Å². The first-order valence-corrected chi connectivity index (χ1v) is 9.68. The summed E-state index contributed by atoms with van der Waals surface area (Å²) in [6.07, 6.45) is 14.6. The molecule has 0 unspecified atom stereocenters. The Bertz CT molecular complexity index is 262. The summed E-state index contributed by atoms with van der Waals surface area (Å²) in [5.41, 5.74) is 0. The maximum Gasteiger partial charge on any atom is 4.00 e. The van der Waals surface area contributed by atoms with Crippen LogP contribution in [0.4, 0.5) is 0 Å². The van der Waals surface area contributed by atoms with Gasteiger partial charge in [0.1, 0.15) is 0 Å². The average molecular weight is 469 g/mol. The molecule has 0 saturated carbocycles. The van der Waals surface area contributed by atoms with Gasteiger partial charge < -0.3 is 16.8 Å². The van der Waals surface area contributed by atoms with Crippen molar-refractivity contribution in [3.63, 3.8) is 0 Å². The summed E-state index contributed by atoms with van der Waals surface area (Å²) in [7, 11) is 0.750. The molecule has 0 fully saturated rings. The van der Waals surface area contributed by atoms with Gasteiger partial charge >= 0.3 is 26.2 Å². The second-order valence-corrected chi connectivity index (χ2v) is 6.55. The van der Waals surface area contributed by atoms with Crippen molar-refractivity contribution < 1.29 is 26.2 Å². The Morgan fingerprint density at radius 2 is 1.38 bits per heavy atom. The van der Waals surface area contributed by atoms with Crippen molar-refractivity contribution in [1.82, 2.24) is 4.98 Å². The summed E-state index contributed by atoms with van der Waals surface area (Å²) in [6.45, 7) is 16.9. The molecule has 0 aliphatic heterocycles. The summed E-state index contributed by atoms with van der Waals surface area (Å²) in [6, 6.07) is 3.71. The van der Waals surface area contributed by atoms with Crippen LogP contribution in [-0.2, 0) is 26.2 Å². The number of hydrogen-bond acceptors (Lipinski definition) is 0. The van der Waals surface area contributed by atoms with Crippen molar-refractivity contribution in [1.29, 1.82) is 0 Å². The van der Waals surface area contributed by atoms with Crippen molar-refractivity contribution in [2.45, 2.75) is 61.1 Å². The first kappa shape index (κ1) is 39.5. The van der Waals surface area contributed by atoms with Crippen LogP contribution in [0.2, 0.25) is 13.1 Å². The number of aromatic amines is 1. The topological polar surface area (TPSA) is 15.8 Å². The van der Waals surface area contributed by atoms with E-state index >= 15 is 0 Å². The molecule has 1 aromatic rings. The standard InChI is InChI=1S/C5H5.C4H4N.2C4H9.C2H7Si.2ClH.Zr/c2*1-2-4-5-3-1;2*1-4(2)3;1-3-2;;;/h1-3H,4H2;1-3,5H;2*1-3H3;3H,1-2H3;2*1H;/q4*-1;;;;+4. The third-order valence-corrected chi connectivity index (χ3v) is 1.03. The average Bonchev–Trinajstić information content (AvgIpc) is 3.08. The number of rotatable bonds is 0. The monoisotopic (exact) mass is 466 g/mol. The first-order valence-electron chi connectivity index (χ1n) is 7.37. The minimum absolute atomic E-state index is 0. The molecule has 0 saturated heterocycles. The van der Waals surface area contributed by atoms with Crippen LogP contribution in [0, 0.1) is 24.1 Å². The quantitative estimate of drug-likeness (QED) is 0.321. The van der Waals surface area contributed by atoms with E-state index in [2.05, 4.69) is 78.0 Å². The molecular formula is C19H36Cl2NSiZr. The molecule has 139 valence electrons. The number of H-pyrrole nitrogens is 1. The van der Waals surface area contributed by atoms with Gasteiger partial charge in [0.05, 0.1) is 0 Å². The van der Waals surface area contributed by atoms with Gasteiger partial charge in [0.15, 0.2) is 0 Å². The van der Waals surface area contributed by atoms with Gasteiger partial charge in [0, 0.05) is 9.52 Å². The van der Waals surface area contributed by atoms with E-state index in [1.165, 1.54) is 11.8 Å². The molecule has 2 rings (SSSR count). The third-order valence-electron chi connectivity index (χ3n) is 1.03. The van der Waals surface area contributed by atoms with Gasteiger partial charge in [-0.2, -0.15) is 65.9 Å². The Labute approximate surface area is 186 Å². The normalized spacial score (nSPS) is 9.08. The summed E-state index contributed by atoms with van der Waals surface area (Å²) < 4.78 is 0. The molecule has 0 bridgehead atoms. The molecule has 1 N–H and O–H groups in total. The minimum atomic E-state index is 0. The fourth-order valence-electron chi connectivity index (χ4n) is 0.581. The Balaban J connectivity index is -0.0000000415. The van der Waals surface area contributed by atoms with E-state index in [0.29, 0.717) is 0 Å². The van der Waals surface area contributed by atoms with E-state index in [9.17, 15) is 0 Å². The van der Waals surface area contributed by atoms with Crippen LogP contribution in [-0.4, -0.2) is 14.5 Å². The number of allylic oxidation sites excluding steroid dienone is 4. The van der Waals surface area contributed by atoms with Gasteiger partial charge in [0.25, 0.3) is 0 Å². The predicted molar refractivity (Wildman–Crippen MR) is 115 cm³/mol. The van der Waals surface area contributed by atoms with Crippen LogP contribution in [0.15, 0.2) is 36.6 Å². The van der Waals surface area contributed by atoms with Crippen molar-refractivity contribution in [3.05, 3.63) is 60.7 Å². The molecule has 24 heavy (non-hydrogen) atoms. The molecule has 1 aliphatic carbocycles. The molecule has 1 radical (unpaired) electrons. The maximum absolute atomic E-state index is 2.99. The summed E-state index contributed by atoms with van der Waals surface area (Å²) in [5, 5.41) is 0. The fourth-order valence-corrected chi connectivity index (χ4v) is 0.581. The number of nitrogens with one attached hydrogen (secondary N) is 1. The van der Waals surface area contributed by atoms with Crippen LogP contribution in [0.25, 0.3) is 0 Å². The van der Waals surface area contributed by atoms with Crippen molar-refractivity contribution in [2.75, 3.05) is 0 Å². The van der Waals surface area contributed by atoms with Gasteiger partial charge in [-0.15, -0.1) is 37.4 Å². The van der Waals surface area contributed by atoms with Gasteiger partial charge in [-0.1, -0.05) is 13.1 Å². The molecule has 0 spiro atoms. The van der Waals surface area contributed by atoms with Crippen LogP contribution >= 0.6 is 24.8 Å². The van der Waals surface area contributed by atoms with Crippen molar-refractivity contribution in [3.8, 4) is 0 Å². The Hall–Kier alpha value is 0.440. The van der Waals surface area contributed by atoms with Crippen LogP contribution in [0.3, 0.4) is 0 Å². The van der Waals surface area contributed by atoms with E-state index in [1.807, 2.05) is 30.5 Å². The summed E-state index contributed by atoms with van der Waals surface area (Å²) in [5.74, 6) is 2.83. The summed E-state index contributed by atoms with van der Waals surface area (Å²) in [4.78, 5) is 2.74. The van der Waals surface area contributed by atoms with Crippen LogP contribution < -0.4 is 0 Å². The molecule has 5 heteroatoms.